The normalized spacial score (nSPS) is 18.5. The van der Waals surface area contributed by atoms with Crippen LogP contribution in [-0.4, -0.2) is 42.5 Å². The van der Waals surface area contributed by atoms with Gasteiger partial charge in [0.15, 0.2) is 0 Å². The van der Waals surface area contributed by atoms with Gasteiger partial charge in [0.25, 0.3) is 0 Å². The number of hydrogen-bond acceptors (Lipinski definition) is 4. The molecule has 2 heterocycles. The summed E-state index contributed by atoms with van der Waals surface area (Å²) in [5, 5.41) is 0. The second kappa shape index (κ2) is 7.09. The van der Waals surface area contributed by atoms with Crippen molar-refractivity contribution in [1.29, 1.82) is 0 Å². The first-order valence-corrected chi connectivity index (χ1v) is 8.03. The van der Waals surface area contributed by atoms with Gasteiger partial charge in [-0.1, -0.05) is 30.3 Å². The lowest BCUT2D eigenvalue weighted by Gasteiger charge is -2.38. The zero-order valence-electron chi connectivity index (χ0n) is 13.2. The van der Waals surface area contributed by atoms with Gasteiger partial charge in [-0.3, -0.25) is 9.80 Å². The fraction of sp³-hybridized carbons (Fsp3) is 0.444. The molecule has 3 rings (SSSR count). The molecule has 4 heteroatoms. The van der Waals surface area contributed by atoms with Crippen LogP contribution in [0.25, 0.3) is 0 Å². The average molecular weight is 299 g/mol. The van der Waals surface area contributed by atoms with Gasteiger partial charge in [0, 0.05) is 39.3 Å². The first-order valence-electron chi connectivity index (χ1n) is 8.03. The largest absolute Gasteiger partial charge is 0.465 e. The highest BCUT2D eigenvalue weighted by molar-refractivity contribution is 5.15. The molecule has 1 fully saturated rings. The second-order valence-electron chi connectivity index (χ2n) is 6.00. The van der Waals surface area contributed by atoms with Crippen LogP contribution in [0.15, 0.2) is 46.9 Å². The van der Waals surface area contributed by atoms with Gasteiger partial charge in [0.2, 0.25) is 0 Å². The minimum atomic E-state index is 0.201. The molecule has 0 radical (unpaired) electrons. The van der Waals surface area contributed by atoms with Gasteiger partial charge in [-0.15, -0.1) is 0 Å². The van der Waals surface area contributed by atoms with Crippen LogP contribution < -0.4 is 5.73 Å². The van der Waals surface area contributed by atoms with E-state index in [-0.39, 0.29) is 6.04 Å². The van der Waals surface area contributed by atoms with E-state index in [0.29, 0.717) is 6.54 Å². The Hall–Kier alpha value is -1.62. The van der Waals surface area contributed by atoms with Gasteiger partial charge in [-0.2, -0.15) is 0 Å². The van der Waals surface area contributed by atoms with Crippen molar-refractivity contribution in [2.24, 2.45) is 5.73 Å². The fourth-order valence-corrected chi connectivity index (χ4v) is 3.15. The van der Waals surface area contributed by atoms with Gasteiger partial charge >= 0.3 is 0 Å². The van der Waals surface area contributed by atoms with Crippen molar-refractivity contribution in [1.82, 2.24) is 9.80 Å². The molecule has 0 spiro atoms. The minimum Gasteiger partial charge on any atom is -0.465 e. The van der Waals surface area contributed by atoms with Crippen molar-refractivity contribution in [2.75, 3.05) is 32.7 Å². The maximum absolute atomic E-state index is 5.99. The molecule has 2 N–H and O–H groups in total. The van der Waals surface area contributed by atoms with Crippen LogP contribution in [0.5, 0.6) is 0 Å². The number of nitrogens with two attached hydrogens (primary N) is 1. The van der Waals surface area contributed by atoms with Gasteiger partial charge < -0.3 is 10.2 Å². The van der Waals surface area contributed by atoms with Gasteiger partial charge in [-0.25, -0.2) is 0 Å². The molecular formula is C18H25N3O. The fourth-order valence-electron chi connectivity index (χ4n) is 3.15. The molecule has 2 aromatic rings. The molecule has 4 nitrogen and oxygen atoms in total. The summed E-state index contributed by atoms with van der Waals surface area (Å²) in [5.74, 6) is 1.95. The van der Waals surface area contributed by atoms with E-state index in [2.05, 4.69) is 46.2 Å². The first kappa shape index (κ1) is 15.3. The second-order valence-corrected chi connectivity index (χ2v) is 6.00. The lowest BCUT2D eigenvalue weighted by Crippen LogP contribution is -2.48. The Morgan fingerprint density at radius 1 is 1.05 bits per heavy atom. The number of nitrogens with zero attached hydrogens (tertiary/aromatic N) is 2. The molecular weight excluding hydrogens is 274 g/mol. The molecule has 1 aliphatic heterocycles. The molecule has 0 saturated carbocycles. The van der Waals surface area contributed by atoms with Gasteiger partial charge in [0.05, 0.1) is 6.04 Å². The molecule has 1 aliphatic rings. The highest BCUT2D eigenvalue weighted by atomic mass is 16.3. The number of rotatable bonds is 5. The molecule has 1 atom stereocenters. The summed E-state index contributed by atoms with van der Waals surface area (Å²) in [6.45, 7) is 7.83. The van der Waals surface area contributed by atoms with Crippen LogP contribution in [0.4, 0.5) is 0 Å². The molecule has 22 heavy (non-hydrogen) atoms. The third-order valence-corrected chi connectivity index (χ3v) is 4.41. The average Bonchev–Trinajstić information content (AvgIpc) is 2.97. The Balaban J connectivity index is 1.56. The van der Waals surface area contributed by atoms with E-state index in [0.717, 1.165) is 44.2 Å². The lowest BCUT2D eigenvalue weighted by molar-refractivity contribution is 0.0852. The smallest absolute Gasteiger partial charge is 0.122 e. The summed E-state index contributed by atoms with van der Waals surface area (Å²) in [6.07, 6.45) is 0. The predicted octanol–water partition coefficient (Wildman–Crippen LogP) is 2.41. The summed E-state index contributed by atoms with van der Waals surface area (Å²) in [6, 6.07) is 14.9. The summed E-state index contributed by atoms with van der Waals surface area (Å²) in [7, 11) is 0. The lowest BCUT2D eigenvalue weighted by atomic mass is 10.1. The van der Waals surface area contributed by atoms with E-state index in [4.69, 9.17) is 10.2 Å². The van der Waals surface area contributed by atoms with Crippen molar-refractivity contribution in [3.05, 3.63) is 59.5 Å². The number of hydrogen-bond donors (Lipinski definition) is 1. The topological polar surface area (TPSA) is 45.6 Å². The highest BCUT2D eigenvalue weighted by Crippen LogP contribution is 2.23. The molecule has 1 aromatic heterocycles. The summed E-state index contributed by atoms with van der Waals surface area (Å²) in [5.41, 5.74) is 7.37. The van der Waals surface area contributed by atoms with Crippen LogP contribution in [0.3, 0.4) is 0 Å². The summed E-state index contributed by atoms with van der Waals surface area (Å²) in [4.78, 5) is 4.95. The van der Waals surface area contributed by atoms with Crippen molar-refractivity contribution in [2.45, 2.75) is 19.5 Å². The number of aryl methyl sites for hydroxylation is 1. The maximum Gasteiger partial charge on any atom is 0.122 e. The highest BCUT2D eigenvalue weighted by Gasteiger charge is 2.26. The number of piperazine rings is 1. The van der Waals surface area contributed by atoms with E-state index in [1.807, 2.05) is 13.0 Å². The molecule has 0 aliphatic carbocycles. The quantitative estimate of drug-likeness (QED) is 0.921. The van der Waals surface area contributed by atoms with Crippen LogP contribution in [0.1, 0.15) is 23.1 Å². The number of benzene rings is 1. The molecule has 1 saturated heterocycles. The zero-order chi connectivity index (χ0) is 15.4. The molecule has 118 valence electrons. The van der Waals surface area contributed by atoms with E-state index in [1.54, 1.807) is 0 Å². The summed E-state index contributed by atoms with van der Waals surface area (Å²) < 4.78 is 5.78. The van der Waals surface area contributed by atoms with E-state index >= 15 is 0 Å². The van der Waals surface area contributed by atoms with Crippen molar-refractivity contribution in [3.8, 4) is 0 Å². The zero-order valence-corrected chi connectivity index (χ0v) is 13.2. The first-order chi connectivity index (χ1) is 10.8. The van der Waals surface area contributed by atoms with Crippen LogP contribution in [0, 0.1) is 6.92 Å². The Labute approximate surface area is 132 Å². The Morgan fingerprint density at radius 3 is 2.36 bits per heavy atom. The van der Waals surface area contributed by atoms with Crippen molar-refractivity contribution >= 4 is 0 Å². The molecule has 0 bridgehead atoms. The van der Waals surface area contributed by atoms with Crippen LogP contribution in [-0.2, 0) is 6.54 Å². The van der Waals surface area contributed by atoms with Crippen molar-refractivity contribution < 1.29 is 4.42 Å². The van der Waals surface area contributed by atoms with Gasteiger partial charge in [-0.05, 0) is 24.6 Å². The Kier molecular flexibility index (Phi) is 4.93. The maximum atomic E-state index is 5.99. The Bertz CT molecular complexity index is 573. The van der Waals surface area contributed by atoms with E-state index in [1.165, 1.54) is 5.56 Å². The molecule has 1 unspecified atom stereocenters. The molecule has 0 amide bonds. The molecule has 1 aromatic carbocycles. The SMILES string of the molecule is Cc1ccc(C(CN)N2CCN(Cc3ccccc3)CC2)o1. The standard InChI is InChI=1S/C18H25N3O/c1-15-7-8-18(22-15)17(13-19)21-11-9-20(10-12-21)14-16-5-3-2-4-6-16/h2-8,17H,9-14,19H2,1H3. The Morgan fingerprint density at radius 2 is 1.77 bits per heavy atom. The monoisotopic (exact) mass is 299 g/mol. The van der Waals surface area contributed by atoms with Crippen LogP contribution >= 0.6 is 0 Å². The van der Waals surface area contributed by atoms with Crippen LogP contribution in [0.2, 0.25) is 0 Å². The third kappa shape index (κ3) is 3.58. The van der Waals surface area contributed by atoms with E-state index in [9.17, 15) is 0 Å². The van der Waals surface area contributed by atoms with Crippen molar-refractivity contribution in [3.63, 3.8) is 0 Å². The number of furan rings is 1. The third-order valence-electron chi connectivity index (χ3n) is 4.41. The van der Waals surface area contributed by atoms with Gasteiger partial charge in [0.1, 0.15) is 11.5 Å². The predicted molar refractivity (Wildman–Crippen MR) is 88.5 cm³/mol. The summed E-state index contributed by atoms with van der Waals surface area (Å²) >= 11 is 0. The minimum absolute atomic E-state index is 0.201. The van der Waals surface area contributed by atoms with E-state index < -0.39 is 0 Å².